The van der Waals surface area contributed by atoms with Gasteiger partial charge in [-0.15, -0.1) is 0 Å². The number of para-hydroxylation sites is 2. The molecular formula is C17H16F3NO3. The lowest BCUT2D eigenvalue weighted by atomic mass is 10.1. The molecule has 0 fully saturated rings. The number of carbonyl (C=O) groups is 1. The molecule has 0 radical (unpaired) electrons. The van der Waals surface area contributed by atoms with Gasteiger partial charge in [-0.3, -0.25) is 4.79 Å². The fourth-order valence-electron chi connectivity index (χ4n) is 1.89. The fourth-order valence-corrected chi connectivity index (χ4v) is 1.89. The number of nitrogens with one attached hydrogen (secondary N) is 1. The smallest absolute Gasteiger partial charge is 0.387 e. The summed E-state index contributed by atoms with van der Waals surface area (Å²) in [5.41, 5.74) is -1.23. The van der Waals surface area contributed by atoms with Crippen LogP contribution in [0.3, 0.4) is 0 Å². The van der Waals surface area contributed by atoms with E-state index >= 15 is 0 Å². The van der Waals surface area contributed by atoms with E-state index in [1.807, 2.05) is 0 Å². The molecule has 0 atom stereocenters. The average molecular weight is 339 g/mol. The second-order valence-corrected chi connectivity index (χ2v) is 5.40. The zero-order valence-corrected chi connectivity index (χ0v) is 13.1. The maximum Gasteiger partial charge on any atom is 0.387 e. The first-order valence-corrected chi connectivity index (χ1v) is 7.08. The number of amides is 1. The second-order valence-electron chi connectivity index (χ2n) is 5.40. The molecular weight excluding hydrogens is 323 g/mol. The highest BCUT2D eigenvalue weighted by Gasteiger charge is 2.30. The van der Waals surface area contributed by atoms with Crippen LogP contribution in [0.25, 0.3) is 0 Å². The highest BCUT2D eigenvalue weighted by atomic mass is 19.3. The van der Waals surface area contributed by atoms with Crippen LogP contribution in [0, 0.1) is 5.82 Å². The van der Waals surface area contributed by atoms with Crippen molar-refractivity contribution in [2.24, 2.45) is 0 Å². The van der Waals surface area contributed by atoms with E-state index in [0.29, 0.717) is 5.75 Å². The summed E-state index contributed by atoms with van der Waals surface area (Å²) in [4.78, 5) is 12.4. The van der Waals surface area contributed by atoms with Crippen LogP contribution in [0.4, 0.5) is 18.9 Å². The molecule has 0 saturated carbocycles. The maximum atomic E-state index is 12.9. The zero-order valence-electron chi connectivity index (χ0n) is 13.1. The molecule has 1 amide bonds. The van der Waals surface area contributed by atoms with Gasteiger partial charge in [-0.1, -0.05) is 12.1 Å². The Hall–Kier alpha value is -2.70. The largest absolute Gasteiger partial charge is 0.478 e. The van der Waals surface area contributed by atoms with Crippen molar-refractivity contribution in [3.05, 3.63) is 54.3 Å². The maximum absolute atomic E-state index is 12.9. The summed E-state index contributed by atoms with van der Waals surface area (Å²) < 4.78 is 47.6. The van der Waals surface area contributed by atoms with Crippen LogP contribution in [0.15, 0.2) is 48.5 Å². The van der Waals surface area contributed by atoms with Crippen molar-refractivity contribution in [3.63, 3.8) is 0 Å². The van der Waals surface area contributed by atoms with E-state index in [1.165, 1.54) is 56.3 Å². The van der Waals surface area contributed by atoms with Crippen molar-refractivity contribution in [1.82, 2.24) is 0 Å². The number of carbonyl (C=O) groups excluding carboxylic acids is 1. The molecule has 0 saturated heterocycles. The number of hydrogen-bond donors (Lipinski definition) is 1. The van der Waals surface area contributed by atoms with Crippen molar-refractivity contribution >= 4 is 11.6 Å². The molecule has 0 bridgehead atoms. The van der Waals surface area contributed by atoms with Crippen molar-refractivity contribution in [1.29, 1.82) is 0 Å². The van der Waals surface area contributed by atoms with Crippen LogP contribution in [-0.4, -0.2) is 18.1 Å². The van der Waals surface area contributed by atoms with Gasteiger partial charge in [0.15, 0.2) is 5.60 Å². The molecule has 0 aliphatic rings. The van der Waals surface area contributed by atoms with E-state index in [-0.39, 0.29) is 11.4 Å². The lowest BCUT2D eigenvalue weighted by Gasteiger charge is -2.25. The van der Waals surface area contributed by atoms with Crippen molar-refractivity contribution in [3.8, 4) is 11.5 Å². The summed E-state index contributed by atoms with van der Waals surface area (Å²) in [6.07, 6.45) is 0. The Balaban J connectivity index is 2.12. The summed E-state index contributed by atoms with van der Waals surface area (Å²) in [5.74, 6) is -0.855. The lowest BCUT2D eigenvalue weighted by Crippen LogP contribution is -2.42. The van der Waals surface area contributed by atoms with Gasteiger partial charge in [-0.2, -0.15) is 8.78 Å². The molecule has 1 N–H and O–H groups in total. The SMILES string of the molecule is CC(C)(Oc1ccc(F)cc1)C(=O)Nc1ccccc1OC(F)F. The molecule has 0 aliphatic carbocycles. The quantitative estimate of drug-likeness (QED) is 0.857. The molecule has 7 heteroatoms. The predicted octanol–water partition coefficient (Wildman–Crippen LogP) is 4.22. The minimum Gasteiger partial charge on any atom is -0.478 e. The molecule has 128 valence electrons. The van der Waals surface area contributed by atoms with E-state index in [9.17, 15) is 18.0 Å². The van der Waals surface area contributed by atoms with Gasteiger partial charge in [0.05, 0.1) is 5.69 Å². The first-order valence-electron chi connectivity index (χ1n) is 7.08. The number of halogens is 3. The van der Waals surface area contributed by atoms with Gasteiger partial charge in [0.2, 0.25) is 0 Å². The van der Waals surface area contributed by atoms with E-state index in [4.69, 9.17) is 4.74 Å². The van der Waals surface area contributed by atoms with Gasteiger partial charge in [-0.25, -0.2) is 4.39 Å². The van der Waals surface area contributed by atoms with Gasteiger partial charge in [0.25, 0.3) is 5.91 Å². The molecule has 2 aromatic carbocycles. The Morgan fingerprint density at radius 2 is 1.71 bits per heavy atom. The van der Waals surface area contributed by atoms with Crippen molar-refractivity contribution in [2.75, 3.05) is 5.32 Å². The Morgan fingerprint density at radius 3 is 2.33 bits per heavy atom. The van der Waals surface area contributed by atoms with Crippen LogP contribution in [0.5, 0.6) is 11.5 Å². The van der Waals surface area contributed by atoms with Gasteiger partial charge in [0.1, 0.15) is 17.3 Å². The minimum absolute atomic E-state index is 0.0959. The third kappa shape index (κ3) is 4.65. The fraction of sp³-hybridized carbons (Fsp3) is 0.235. The lowest BCUT2D eigenvalue weighted by molar-refractivity contribution is -0.128. The monoisotopic (exact) mass is 339 g/mol. The molecule has 2 aromatic rings. The summed E-state index contributed by atoms with van der Waals surface area (Å²) in [5, 5.41) is 2.49. The Labute approximate surface area is 137 Å². The first-order chi connectivity index (χ1) is 11.3. The molecule has 2 rings (SSSR count). The van der Waals surface area contributed by atoms with E-state index in [0.717, 1.165) is 0 Å². The Bertz CT molecular complexity index is 702. The number of anilines is 1. The summed E-state index contributed by atoms with van der Waals surface area (Å²) in [6.45, 7) is -0.00333. The van der Waals surface area contributed by atoms with E-state index in [1.54, 1.807) is 6.07 Å². The Kier molecular flexibility index (Phi) is 5.33. The van der Waals surface area contributed by atoms with Crippen LogP contribution < -0.4 is 14.8 Å². The number of ether oxygens (including phenoxy) is 2. The van der Waals surface area contributed by atoms with Crippen LogP contribution in [0.1, 0.15) is 13.8 Å². The third-order valence-corrected chi connectivity index (χ3v) is 3.08. The Morgan fingerprint density at radius 1 is 1.08 bits per heavy atom. The zero-order chi connectivity index (χ0) is 17.7. The molecule has 24 heavy (non-hydrogen) atoms. The first kappa shape index (κ1) is 17.7. The van der Waals surface area contributed by atoms with Gasteiger partial charge in [0, 0.05) is 0 Å². The molecule has 0 aliphatic heterocycles. The van der Waals surface area contributed by atoms with Crippen molar-refractivity contribution < 1.29 is 27.4 Å². The molecule has 0 unspecified atom stereocenters. The number of alkyl halides is 2. The number of rotatable bonds is 6. The van der Waals surface area contributed by atoms with Crippen molar-refractivity contribution in [2.45, 2.75) is 26.1 Å². The van der Waals surface area contributed by atoms with E-state index < -0.39 is 23.9 Å². The normalized spacial score (nSPS) is 11.2. The number of benzene rings is 2. The van der Waals surface area contributed by atoms with Gasteiger partial charge >= 0.3 is 6.61 Å². The van der Waals surface area contributed by atoms with Crippen LogP contribution in [-0.2, 0) is 4.79 Å². The van der Waals surface area contributed by atoms with Gasteiger partial charge < -0.3 is 14.8 Å². The second kappa shape index (κ2) is 7.25. The summed E-state index contributed by atoms with van der Waals surface area (Å²) >= 11 is 0. The molecule has 4 nitrogen and oxygen atoms in total. The average Bonchev–Trinajstić information content (AvgIpc) is 2.51. The summed E-state index contributed by atoms with van der Waals surface area (Å²) in [7, 11) is 0. The highest BCUT2D eigenvalue weighted by molar-refractivity contribution is 5.98. The van der Waals surface area contributed by atoms with Crippen LogP contribution in [0.2, 0.25) is 0 Å². The van der Waals surface area contributed by atoms with E-state index in [2.05, 4.69) is 10.1 Å². The summed E-state index contributed by atoms with van der Waals surface area (Å²) in [6, 6.07) is 11.0. The molecule has 0 spiro atoms. The third-order valence-electron chi connectivity index (χ3n) is 3.08. The minimum atomic E-state index is -3.01. The topological polar surface area (TPSA) is 47.6 Å². The van der Waals surface area contributed by atoms with Gasteiger partial charge in [-0.05, 0) is 50.2 Å². The molecule has 0 aromatic heterocycles. The molecule has 0 heterocycles. The highest BCUT2D eigenvalue weighted by Crippen LogP contribution is 2.27. The number of hydrogen-bond acceptors (Lipinski definition) is 3. The standard InChI is InChI=1S/C17H16F3NO3/c1-17(2,24-12-9-7-11(18)8-10-12)15(22)21-13-5-3-4-6-14(13)23-16(19)20/h3-10,16H,1-2H3,(H,21,22). The van der Waals surface area contributed by atoms with Crippen LogP contribution >= 0.6 is 0 Å². The predicted molar refractivity (Wildman–Crippen MR) is 82.8 cm³/mol.